The third-order valence-corrected chi connectivity index (χ3v) is 3.46. The average molecular weight is 238 g/mol. The summed E-state index contributed by atoms with van der Waals surface area (Å²) in [6, 6.07) is 7.62. The Morgan fingerprint density at radius 1 is 1.33 bits per heavy atom. The molecule has 0 aliphatic heterocycles. The fraction of sp³-hybridized carbons (Fsp3) is 0.0769. The van der Waals surface area contributed by atoms with Crippen LogP contribution in [0.4, 0.5) is 0 Å². The molecule has 1 unspecified atom stereocenters. The van der Waals surface area contributed by atoms with Crippen LogP contribution in [0.1, 0.15) is 17.3 Å². The summed E-state index contributed by atoms with van der Waals surface area (Å²) >= 11 is 0. The number of rotatable bonds is 0. The van der Waals surface area contributed by atoms with Gasteiger partial charge in [0, 0.05) is 18.0 Å². The summed E-state index contributed by atoms with van der Waals surface area (Å²) in [4.78, 5) is 18.9. The molecule has 2 heterocycles. The third-order valence-electron chi connectivity index (χ3n) is 3.46. The number of nitrogens with zero attached hydrogens (tertiary/aromatic N) is 2. The van der Waals surface area contributed by atoms with Gasteiger partial charge in [-0.05, 0) is 5.56 Å². The molecule has 0 amide bonds. The number of nitrogens with two attached hydrogens (primary N) is 1. The maximum absolute atomic E-state index is 11.9. The van der Waals surface area contributed by atoms with Crippen molar-refractivity contribution in [1.29, 1.82) is 0 Å². The molecule has 1 aromatic carbocycles. The van der Waals surface area contributed by atoms with Crippen LogP contribution in [-0.2, 0) is 0 Å². The molecule has 88 valence electrons. The van der Waals surface area contributed by atoms with Crippen molar-refractivity contribution < 1.29 is 0 Å². The average Bonchev–Trinajstić information content (AvgIpc) is 2.95. The van der Waals surface area contributed by atoms with E-state index in [0.29, 0.717) is 5.65 Å². The lowest BCUT2D eigenvalue weighted by Crippen LogP contribution is -2.18. The van der Waals surface area contributed by atoms with Crippen molar-refractivity contribution in [2.24, 2.45) is 5.73 Å². The van der Waals surface area contributed by atoms with E-state index in [1.807, 2.05) is 24.3 Å². The van der Waals surface area contributed by atoms with Gasteiger partial charge in [0.2, 0.25) is 5.65 Å². The third kappa shape index (κ3) is 0.994. The van der Waals surface area contributed by atoms with E-state index >= 15 is 0 Å². The fourth-order valence-corrected chi connectivity index (χ4v) is 2.67. The first-order valence-corrected chi connectivity index (χ1v) is 5.71. The summed E-state index contributed by atoms with van der Waals surface area (Å²) in [5, 5.41) is 0. The van der Waals surface area contributed by atoms with Crippen molar-refractivity contribution in [2.45, 2.75) is 6.04 Å². The van der Waals surface area contributed by atoms with E-state index in [1.165, 1.54) is 0 Å². The molecule has 0 saturated heterocycles. The molecule has 18 heavy (non-hydrogen) atoms. The molecule has 0 saturated carbocycles. The predicted octanol–water partition coefficient (Wildman–Crippen LogP) is 1.05. The van der Waals surface area contributed by atoms with Gasteiger partial charge in [-0.25, -0.2) is 4.98 Å². The van der Waals surface area contributed by atoms with Gasteiger partial charge in [-0.15, -0.1) is 0 Å². The van der Waals surface area contributed by atoms with Crippen LogP contribution in [0.25, 0.3) is 16.9 Å². The molecule has 2 aromatic heterocycles. The minimum atomic E-state index is -0.232. The smallest absolute Gasteiger partial charge is 0.292 e. The Bertz CT molecular complexity index is 830. The summed E-state index contributed by atoms with van der Waals surface area (Å²) in [5.74, 6) is 0. The Balaban J connectivity index is 2.22. The van der Waals surface area contributed by atoms with E-state index in [4.69, 9.17) is 5.73 Å². The SMILES string of the molecule is NC1c2ccccc2-c2[nH]c(=O)c3nccn3c21. The monoisotopic (exact) mass is 238 g/mol. The Morgan fingerprint density at radius 2 is 2.17 bits per heavy atom. The zero-order chi connectivity index (χ0) is 12.3. The fourth-order valence-electron chi connectivity index (χ4n) is 2.67. The van der Waals surface area contributed by atoms with Gasteiger partial charge in [0.05, 0.1) is 17.4 Å². The highest BCUT2D eigenvalue weighted by atomic mass is 16.1. The summed E-state index contributed by atoms with van der Waals surface area (Å²) in [5.41, 5.74) is 10.2. The lowest BCUT2D eigenvalue weighted by molar-refractivity contribution is 0.826. The number of aromatic nitrogens is 3. The normalized spacial score (nSPS) is 16.8. The Morgan fingerprint density at radius 3 is 3.06 bits per heavy atom. The summed E-state index contributed by atoms with van der Waals surface area (Å²) in [6.45, 7) is 0. The number of aromatic amines is 1. The van der Waals surface area contributed by atoms with E-state index < -0.39 is 0 Å². The van der Waals surface area contributed by atoms with Gasteiger partial charge >= 0.3 is 0 Å². The quantitative estimate of drug-likeness (QED) is 0.614. The van der Waals surface area contributed by atoms with Crippen molar-refractivity contribution in [1.82, 2.24) is 14.4 Å². The van der Waals surface area contributed by atoms with Gasteiger partial charge in [0.15, 0.2) is 0 Å². The van der Waals surface area contributed by atoms with Crippen LogP contribution >= 0.6 is 0 Å². The van der Waals surface area contributed by atoms with Gasteiger partial charge in [-0.2, -0.15) is 0 Å². The summed E-state index contributed by atoms with van der Waals surface area (Å²) in [6.07, 6.45) is 3.38. The summed E-state index contributed by atoms with van der Waals surface area (Å²) < 4.78 is 1.78. The van der Waals surface area contributed by atoms with Crippen LogP contribution < -0.4 is 11.3 Å². The predicted molar refractivity (Wildman–Crippen MR) is 67.3 cm³/mol. The van der Waals surface area contributed by atoms with Crippen molar-refractivity contribution in [2.75, 3.05) is 0 Å². The molecular formula is C13H10N4O. The molecule has 1 aliphatic rings. The highest BCUT2D eigenvalue weighted by molar-refractivity contribution is 5.75. The first kappa shape index (κ1) is 9.61. The van der Waals surface area contributed by atoms with Crippen molar-refractivity contribution in [3.63, 3.8) is 0 Å². The lowest BCUT2D eigenvalue weighted by atomic mass is 10.1. The molecule has 0 radical (unpaired) electrons. The van der Waals surface area contributed by atoms with Crippen LogP contribution in [0.15, 0.2) is 41.5 Å². The van der Waals surface area contributed by atoms with Crippen molar-refractivity contribution >= 4 is 5.65 Å². The Hall–Kier alpha value is -2.40. The molecule has 3 N–H and O–H groups in total. The molecule has 4 rings (SSSR count). The van der Waals surface area contributed by atoms with Crippen LogP contribution in [0.2, 0.25) is 0 Å². The molecule has 1 aliphatic carbocycles. The highest BCUT2D eigenvalue weighted by Gasteiger charge is 2.29. The van der Waals surface area contributed by atoms with E-state index in [1.54, 1.807) is 16.8 Å². The van der Waals surface area contributed by atoms with Crippen molar-refractivity contribution in [3.8, 4) is 11.3 Å². The molecule has 5 heteroatoms. The number of benzene rings is 1. The first-order chi connectivity index (χ1) is 8.77. The van der Waals surface area contributed by atoms with E-state index in [0.717, 1.165) is 22.5 Å². The molecule has 0 bridgehead atoms. The van der Waals surface area contributed by atoms with Gasteiger partial charge in [-0.1, -0.05) is 24.3 Å². The maximum Gasteiger partial charge on any atom is 0.292 e. The van der Waals surface area contributed by atoms with Crippen LogP contribution in [0, 0.1) is 0 Å². The molecule has 0 fully saturated rings. The largest absolute Gasteiger partial charge is 0.319 e. The standard InChI is InChI=1S/C13H10N4O/c14-9-7-3-1-2-4-8(7)10-11(9)17-6-5-15-12(17)13(18)16-10/h1-6,9H,14H2,(H,16,18). The molecule has 3 aromatic rings. The van der Waals surface area contributed by atoms with Crippen LogP contribution in [0.5, 0.6) is 0 Å². The zero-order valence-electron chi connectivity index (χ0n) is 9.42. The van der Waals surface area contributed by atoms with Gasteiger partial charge in [-0.3, -0.25) is 9.20 Å². The minimum absolute atomic E-state index is 0.192. The Labute approximate surface area is 102 Å². The number of hydrogen-bond donors (Lipinski definition) is 2. The number of fused-ring (bicyclic) bond motifs is 5. The highest BCUT2D eigenvalue weighted by Crippen LogP contribution is 2.39. The molecule has 5 nitrogen and oxygen atoms in total. The van der Waals surface area contributed by atoms with Crippen molar-refractivity contribution in [3.05, 3.63) is 58.3 Å². The first-order valence-electron chi connectivity index (χ1n) is 5.71. The van der Waals surface area contributed by atoms with Gasteiger partial charge < -0.3 is 10.7 Å². The molecule has 0 spiro atoms. The zero-order valence-corrected chi connectivity index (χ0v) is 9.42. The second-order valence-corrected chi connectivity index (χ2v) is 4.40. The van der Waals surface area contributed by atoms with E-state index in [-0.39, 0.29) is 11.6 Å². The van der Waals surface area contributed by atoms with Gasteiger partial charge in [0.25, 0.3) is 5.56 Å². The maximum atomic E-state index is 11.9. The second kappa shape index (κ2) is 3.08. The number of imidazole rings is 1. The van der Waals surface area contributed by atoms with E-state index in [9.17, 15) is 4.79 Å². The Kier molecular flexibility index (Phi) is 1.65. The minimum Gasteiger partial charge on any atom is -0.319 e. The van der Waals surface area contributed by atoms with Gasteiger partial charge in [0.1, 0.15) is 0 Å². The van der Waals surface area contributed by atoms with Crippen LogP contribution in [0.3, 0.4) is 0 Å². The second-order valence-electron chi connectivity index (χ2n) is 4.40. The topological polar surface area (TPSA) is 76.2 Å². The van der Waals surface area contributed by atoms with Crippen LogP contribution in [-0.4, -0.2) is 14.4 Å². The molecular weight excluding hydrogens is 228 g/mol. The molecule has 1 atom stereocenters. The number of hydrogen-bond acceptors (Lipinski definition) is 3. The number of H-pyrrole nitrogens is 1. The summed E-state index contributed by atoms with van der Waals surface area (Å²) in [7, 11) is 0. The lowest BCUT2D eigenvalue weighted by Gasteiger charge is -2.08. The number of nitrogens with one attached hydrogen (secondary N) is 1. The van der Waals surface area contributed by atoms with E-state index in [2.05, 4.69) is 9.97 Å².